The van der Waals surface area contributed by atoms with Crippen molar-refractivity contribution in [3.05, 3.63) is 60.2 Å². The van der Waals surface area contributed by atoms with Crippen LogP contribution in [0.2, 0.25) is 0 Å². The van der Waals surface area contributed by atoms with Crippen LogP contribution in [0.5, 0.6) is 0 Å². The molecule has 1 aliphatic rings. The topological polar surface area (TPSA) is 95.8 Å². The second-order valence-electron chi connectivity index (χ2n) is 5.29. The van der Waals surface area contributed by atoms with E-state index in [1.807, 2.05) is 6.07 Å². The lowest BCUT2D eigenvalue weighted by atomic mass is 10.2. The lowest BCUT2D eigenvalue weighted by molar-refractivity contribution is -0.122. The molecule has 2 N–H and O–H groups in total. The number of pyridine rings is 1. The quantitative estimate of drug-likeness (QED) is 0.622. The summed E-state index contributed by atoms with van der Waals surface area (Å²) in [6.45, 7) is 0. The average Bonchev–Trinajstić information content (AvgIpc) is 2.97. The van der Waals surface area contributed by atoms with Crippen molar-refractivity contribution in [3.63, 3.8) is 0 Å². The number of hydrogen-bond acceptors (Lipinski definition) is 6. The van der Waals surface area contributed by atoms with E-state index in [0.29, 0.717) is 10.9 Å². The predicted molar refractivity (Wildman–Crippen MR) is 98.4 cm³/mol. The molecule has 0 saturated carbocycles. The van der Waals surface area contributed by atoms with Crippen LogP contribution in [0.15, 0.2) is 59.0 Å². The average molecular weight is 371 g/mol. The molecule has 0 radical (unpaired) electrons. The van der Waals surface area contributed by atoms with E-state index in [1.165, 1.54) is 30.5 Å². The van der Waals surface area contributed by atoms with Crippen molar-refractivity contribution in [2.75, 3.05) is 5.32 Å². The van der Waals surface area contributed by atoms with Gasteiger partial charge in [-0.3, -0.25) is 14.6 Å². The highest BCUT2D eigenvalue weighted by Gasteiger charge is 2.32. The van der Waals surface area contributed by atoms with E-state index in [-0.39, 0.29) is 24.1 Å². The van der Waals surface area contributed by atoms with Crippen LogP contribution in [0, 0.1) is 5.82 Å². The Kier molecular flexibility index (Phi) is 5.69. The van der Waals surface area contributed by atoms with E-state index in [1.54, 1.807) is 18.5 Å². The standard InChI is InChI=1S/C17H14FN5O2S/c18-12-3-5-13(6-4-12)21-15(24)8-14-16(25)22-17(26-14)23-20-10-11-2-1-7-19-9-11/h1-7,9-10,14H,8H2,(H,21,24)(H,22,23,25)/b20-10+. The van der Waals surface area contributed by atoms with Crippen molar-refractivity contribution >= 4 is 40.6 Å². The zero-order valence-electron chi connectivity index (χ0n) is 13.4. The smallest absolute Gasteiger partial charge is 0.240 e. The lowest BCUT2D eigenvalue weighted by Crippen LogP contribution is -2.28. The first-order valence-electron chi connectivity index (χ1n) is 7.64. The Bertz CT molecular complexity index is 855. The van der Waals surface area contributed by atoms with Gasteiger partial charge in [-0.25, -0.2) is 4.39 Å². The van der Waals surface area contributed by atoms with Crippen molar-refractivity contribution in [3.8, 4) is 0 Å². The van der Waals surface area contributed by atoms with Crippen LogP contribution in [0.25, 0.3) is 0 Å². The maximum Gasteiger partial charge on any atom is 0.240 e. The zero-order valence-corrected chi connectivity index (χ0v) is 14.2. The van der Waals surface area contributed by atoms with Crippen LogP contribution in [0.1, 0.15) is 12.0 Å². The molecule has 3 rings (SSSR count). The number of anilines is 1. The number of halogens is 1. The number of rotatable bonds is 5. The number of benzene rings is 1. The molecule has 26 heavy (non-hydrogen) atoms. The number of amidine groups is 1. The molecule has 9 heteroatoms. The maximum atomic E-state index is 12.9. The molecule has 1 atom stereocenters. The molecule has 0 bridgehead atoms. The molecular formula is C17H14FN5O2S. The number of aromatic nitrogens is 1. The number of carbonyl (C=O) groups excluding carboxylic acids is 2. The van der Waals surface area contributed by atoms with E-state index in [0.717, 1.165) is 17.3 Å². The third-order valence-corrected chi connectivity index (χ3v) is 4.39. The number of thioether (sulfide) groups is 1. The van der Waals surface area contributed by atoms with E-state index < -0.39 is 5.25 Å². The highest BCUT2D eigenvalue weighted by atomic mass is 32.2. The molecule has 1 fully saturated rings. The summed E-state index contributed by atoms with van der Waals surface area (Å²) >= 11 is 1.13. The van der Waals surface area contributed by atoms with Crippen molar-refractivity contribution in [2.24, 2.45) is 10.2 Å². The Morgan fingerprint density at radius 2 is 2.15 bits per heavy atom. The normalized spacial score (nSPS) is 18.3. The van der Waals surface area contributed by atoms with Gasteiger partial charge in [0, 0.05) is 30.1 Å². The minimum atomic E-state index is -0.595. The van der Waals surface area contributed by atoms with Gasteiger partial charge in [0.1, 0.15) is 11.1 Å². The second-order valence-corrected chi connectivity index (χ2v) is 6.48. The highest BCUT2D eigenvalue weighted by Crippen LogP contribution is 2.23. The number of carbonyl (C=O) groups is 2. The van der Waals surface area contributed by atoms with Gasteiger partial charge in [0.15, 0.2) is 5.17 Å². The van der Waals surface area contributed by atoms with Crippen molar-refractivity contribution < 1.29 is 14.0 Å². The first kappa shape index (κ1) is 17.7. The Hall–Kier alpha value is -3.07. The zero-order chi connectivity index (χ0) is 18.4. The summed E-state index contributed by atoms with van der Waals surface area (Å²) in [5.41, 5.74) is 1.25. The molecule has 2 aromatic rings. The minimum absolute atomic E-state index is 0.0286. The fraction of sp³-hybridized carbons (Fsp3) is 0.118. The Morgan fingerprint density at radius 1 is 1.35 bits per heavy atom. The molecule has 1 unspecified atom stereocenters. The summed E-state index contributed by atoms with van der Waals surface area (Å²) in [6.07, 6.45) is 4.77. The summed E-state index contributed by atoms with van der Waals surface area (Å²) in [7, 11) is 0. The molecule has 2 amide bonds. The predicted octanol–water partition coefficient (Wildman–Crippen LogP) is 2.17. The summed E-state index contributed by atoms with van der Waals surface area (Å²) < 4.78 is 12.9. The lowest BCUT2D eigenvalue weighted by Gasteiger charge is -2.07. The maximum absolute atomic E-state index is 12.9. The SMILES string of the molecule is O=C(CC1S/C(=N/N=C/c2cccnc2)NC1=O)Nc1ccc(F)cc1. The van der Waals surface area contributed by atoms with Gasteiger partial charge in [-0.1, -0.05) is 17.8 Å². The van der Waals surface area contributed by atoms with E-state index >= 15 is 0 Å². The van der Waals surface area contributed by atoms with Crippen molar-refractivity contribution in [1.29, 1.82) is 0 Å². The van der Waals surface area contributed by atoms with Gasteiger partial charge in [-0.2, -0.15) is 5.10 Å². The molecule has 0 aliphatic carbocycles. The minimum Gasteiger partial charge on any atom is -0.326 e. The largest absolute Gasteiger partial charge is 0.326 e. The Balaban J connectivity index is 1.54. The highest BCUT2D eigenvalue weighted by molar-refractivity contribution is 8.15. The monoisotopic (exact) mass is 371 g/mol. The first-order chi connectivity index (χ1) is 12.6. The summed E-state index contributed by atoms with van der Waals surface area (Å²) in [5.74, 6) is -1.04. The molecule has 2 heterocycles. The van der Waals surface area contributed by atoms with Gasteiger partial charge in [-0.05, 0) is 30.3 Å². The summed E-state index contributed by atoms with van der Waals surface area (Å²) in [6, 6.07) is 9.00. The van der Waals surface area contributed by atoms with Crippen LogP contribution >= 0.6 is 11.8 Å². The Labute approximate surface area is 152 Å². The molecule has 0 spiro atoms. The molecule has 1 saturated heterocycles. The third kappa shape index (κ3) is 4.96. The summed E-state index contributed by atoms with van der Waals surface area (Å²) in [5, 5.41) is 12.8. The summed E-state index contributed by atoms with van der Waals surface area (Å²) in [4.78, 5) is 27.9. The molecule has 1 aromatic heterocycles. The number of amides is 2. The van der Waals surface area contributed by atoms with Crippen LogP contribution in [0.4, 0.5) is 10.1 Å². The van der Waals surface area contributed by atoms with Gasteiger partial charge in [0.05, 0.1) is 6.21 Å². The molecule has 132 valence electrons. The van der Waals surface area contributed by atoms with Gasteiger partial charge in [0.2, 0.25) is 11.8 Å². The van der Waals surface area contributed by atoms with E-state index in [2.05, 4.69) is 25.8 Å². The third-order valence-electron chi connectivity index (χ3n) is 3.32. The number of nitrogens with one attached hydrogen (secondary N) is 2. The number of nitrogens with zero attached hydrogens (tertiary/aromatic N) is 3. The van der Waals surface area contributed by atoms with Gasteiger partial charge in [-0.15, -0.1) is 5.10 Å². The first-order valence-corrected chi connectivity index (χ1v) is 8.52. The van der Waals surface area contributed by atoms with E-state index in [9.17, 15) is 14.0 Å². The number of hydrogen-bond donors (Lipinski definition) is 2. The van der Waals surface area contributed by atoms with E-state index in [4.69, 9.17) is 0 Å². The van der Waals surface area contributed by atoms with Crippen LogP contribution in [0.3, 0.4) is 0 Å². The van der Waals surface area contributed by atoms with Crippen molar-refractivity contribution in [2.45, 2.75) is 11.7 Å². The van der Waals surface area contributed by atoms with Gasteiger partial charge in [0.25, 0.3) is 0 Å². The molecule has 1 aromatic carbocycles. The fourth-order valence-corrected chi connectivity index (χ4v) is 3.02. The fourth-order valence-electron chi connectivity index (χ4n) is 2.10. The van der Waals surface area contributed by atoms with Gasteiger partial charge < -0.3 is 10.6 Å². The van der Waals surface area contributed by atoms with Crippen molar-refractivity contribution in [1.82, 2.24) is 10.3 Å². The Morgan fingerprint density at radius 3 is 2.88 bits per heavy atom. The molecule has 1 aliphatic heterocycles. The van der Waals surface area contributed by atoms with Gasteiger partial charge >= 0.3 is 0 Å². The van der Waals surface area contributed by atoms with Crippen LogP contribution < -0.4 is 10.6 Å². The van der Waals surface area contributed by atoms with Crippen LogP contribution in [-0.4, -0.2) is 33.4 Å². The molecular weight excluding hydrogens is 357 g/mol. The van der Waals surface area contributed by atoms with Crippen LogP contribution in [-0.2, 0) is 9.59 Å². The molecule has 7 nitrogen and oxygen atoms in total. The second kappa shape index (κ2) is 8.34.